The van der Waals surface area contributed by atoms with E-state index in [1.165, 1.54) is 5.69 Å². The number of amides is 2. The molecule has 3 aliphatic heterocycles. The number of aromatic nitrogens is 2. The number of hydrogen-bond donors (Lipinski definition) is 2. The van der Waals surface area contributed by atoms with Gasteiger partial charge in [-0.05, 0) is 57.0 Å². The molecule has 1 aromatic carbocycles. The first-order valence-corrected chi connectivity index (χ1v) is 13.2. The quantitative estimate of drug-likeness (QED) is 0.638. The molecule has 2 saturated heterocycles. The molecule has 3 fully saturated rings. The van der Waals surface area contributed by atoms with Crippen molar-refractivity contribution in [3.63, 3.8) is 0 Å². The predicted octanol–water partition coefficient (Wildman–Crippen LogP) is 2.62. The van der Waals surface area contributed by atoms with Crippen molar-refractivity contribution < 1.29 is 9.59 Å². The van der Waals surface area contributed by atoms with E-state index in [0.717, 1.165) is 68.7 Å². The number of hydrogen-bond acceptors (Lipinski definition) is 7. The molecule has 1 aromatic heterocycles. The van der Waals surface area contributed by atoms with Gasteiger partial charge in [0.05, 0.1) is 0 Å². The first-order valence-electron chi connectivity index (χ1n) is 13.2. The van der Waals surface area contributed by atoms with Gasteiger partial charge in [0.1, 0.15) is 11.2 Å². The smallest absolute Gasteiger partial charge is 0.244 e. The summed E-state index contributed by atoms with van der Waals surface area (Å²) in [6.45, 7) is 6.84. The highest BCUT2D eigenvalue weighted by atomic mass is 16.2. The molecule has 2 aromatic rings. The molecule has 190 valence electrons. The number of aryl methyl sites for hydroxylation is 1. The van der Waals surface area contributed by atoms with Crippen LogP contribution in [0.1, 0.15) is 43.2 Å². The summed E-state index contributed by atoms with van der Waals surface area (Å²) in [5.41, 5.74) is 3.18. The normalized spacial score (nSPS) is 24.9. The molecule has 2 N–H and O–H groups in total. The summed E-state index contributed by atoms with van der Waals surface area (Å²) in [5.74, 6) is 0.905. The fourth-order valence-corrected chi connectivity index (χ4v) is 6.23. The molecular weight excluding hydrogens is 454 g/mol. The lowest BCUT2D eigenvalue weighted by Crippen LogP contribution is -2.56. The molecule has 36 heavy (non-hydrogen) atoms. The summed E-state index contributed by atoms with van der Waals surface area (Å²) in [7, 11) is 2.16. The van der Waals surface area contributed by atoms with E-state index in [0.29, 0.717) is 31.2 Å². The minimum absolute atomic E-state index is 0.0886. The number of carbonyl (C=O) groups excluding carboxylic acids is 2. The van der Waals surface area contributed by atoms with Crippen molar-refractivity contribution in [2.45, 2.75) is 51.5 Å². The maximum Gasteiger partial charge on any atom is 0.244 e. The number of carbonyl (C=O) groups is 2. The summed E-state index contributed by atoms with van der Waals surface area (Å²) in [6.07, 6.45) is 6.79. The average Bonchev–Trinajstić information content (AvgIpc) is 3.53. The van der Waals surface area contributed by atoms with E-state index in [1.54, 1.807) is 6.20 Å². The van der Waals surface area contributed by atoms with Crippen LogP contribution >= 0.6 is 0 Å². The Morgan fingerprint density at radius 3 is 2.58 bits per heavy atom. The maximum atomic E-state index is 13.8. The first kappa shape index (κ1) is 23.2. The van der Waals surface area contributed by atoms with Crippen molar-refractivity contribution in [3.8, 4) is 0 Å². The van der Waals surface area contributed by atoms with Gasteiger partial charge in [-0.25, -0.2) is 4.98 Å². The lowest BCUT2D eigenvalue weighted by atomic mass is 9.76. The van der Waals surface area contributed by atoms with Crippen molar-refractivity contribution in [2.75, 3.05) is 54.9 Å². The van der Waals surface area contributed by atoms with E-state index in [9.17, 15) is 9.59 Å². The Morgan fingerprint density at radius 1 is 1.11 bits per heavy atom. The highest BCUT2D eigenvalue weighted by molar-refractivity contribution is 6.14. The van der Waals surface area contributed by atoms with Gasteiger partial charge >= 0.3 is 0 Å². The molecule has 1 saturated carbocycles. The van der Waals surface area contributed by atoms with Crippen LogP contribution < -0.4 is 20.4 Å². The van der Waals surface area contributed by atoms with E-state index in [1.807, 2.05) is 4.90 Å². The van der Waals surface area contributed by atoms with Crippen LogP contribution in [0, 0.1) is 12.3 Å². The number of fused-ring (bicyclic) bond motifs is 1. The van der Waals surface area contributed by atoms with Crippen molar-refractivity contribution in [1.29, 1.82) is 0 Å². The molecule has 4 aliphatic rings. The van der Waals surface area contributed by atoms with Gasteiger partial charge in [-0.15, -0.1) is 0 Å². The van der Waals surface area contributed by atoms with Crippen LogP contribution in [0.15, 0.2) is 24.4 Å². The largest absolute Gasteiger partial charge is 0.369 e. The van der Waals surface area contributed by atoms with Gasteiger partial charge in [-0.2, -0.15) is 4.98 Å². The Bertz CT molecular complexity index is 1190. The molecule has 0 radical (unpaired) electrons. The molecule has 0 bridgehead atoms. The van der Waals surface area contributed by atoms with Crippen molar-refractivity contribution in [3.05, 3.63) is 35.5 Å². The van der Waals surface area contributed by atoms with E-state index >= 15 is 0 Å². The molecule has 2 amide bonds. The van der Waals surface area contributed by atoms with E-state index in [2.05, 4.69) is 57.6 Å². The van der Waals surface area contributed by atoms with E-state index in [4.69, 9.17) is 4.98 Å². The third-order valence-electron chi connectivity index (χ3n) is 8.48. The fraction of sp³-hybridized carbons (Fsp3) is 0.556. The van der Waals surface area contributed by atoms with Crippen LogP contribution in [0.2, 0.25) is 0 Å². The van der Waals surface area contributed by atoms with E-state index in [-0.39, 0.29) is 17.9 Å². The first-order chi connectivity index (χ1) is 17.4. The van der Waals surface area contributed by atoms with Crippen LogP contribution in [-0.2, 0) is 16.0 Å². The average molecular weight is 490 g/mol. The van der Waals surface area contributed by atoms with Gasteiger partial charge in [0.2, 0.25) is 17.8 Å². The number of piperazine rings is 1. The molecule has 1 atom stereocenters. The third kappa shape index (κ3) is 3.89. The van der Waals surface area contributed by atoms with Crippen LogP contribution in [0.3, 0.4) is 0 Å². The van der Waals surface area contributed by atoms with Crippen LogP contribution in [0.25, 0.3) is 0 Å². The third-order valence-corrected chi connectivity index (χ3v) is 8.48. The summed E-state index contributed by atoms with van der Waals surface area (Å²) < 4.78 is 0. The molecular formula is C27H35N7O2. The van der Waals surface area contributed by atoms with Crippen molar-refractivity contribution in [2.24, 2.45) is 5.41 Å². The lowest BCUT2D eigenvalue weighted by Gasteiger charge is -2.40. The zero-order valence-corrected chi connectivity index (χ0v) is 21.2. The molecule has 0 unspecified atom stereocenters. The second-order valence-corrected chi connectivity index (χ2v) is 10.8. The molecule has 1 aliphatic carbocycles. The van der Waals surface area contributed by atoms with Crippen molar-refractivity contribution >= 4 is 35.0 Å². The molecule has 4 heterocycles. The van der Waals surface area contributed by atoms with E-state index < -0.39 is 5.41 Å². The number of anilines is 4. The summed E-state index contributed by atoms with van der Waals surface area (Å²) in [5, 5.41) is 6.28. The zero-order chi connectivity index (χ0) is 24.9. The molecule has 6 rings (SSSR count). The number of nitrogens with one attached hydrogen (secondary N) is 2. The Morgan fingerprint density at radius 2 is 1.89 bits per heavy atom. The SMILES string of the molecule is Cc1cc(N2CCN(C)CC2)ccc1Nc1ncc2c(n1)N(C1CCCC1)C(=O)[C@]1(CCNC1=O)C2. The van der Waals surface area contributed by atoms with Gasteiger partial charge in [0.15, 0.2) is 0 Å². The van der Waals surface area contributed by atoms with Gasteiger partial charge in [0, 0.05) is 68.3 Å². The van der Waals surface area contributed by atoms with Gasteiger partial charge in [0.25, 0.3) is 0 Å². The Labute approximate surface area is 212 Å². The number of nitrogens with zero attached hydrogens (tertiary/aromatic N) is 5. The number of likely N-dealkylation sites (N-methyl/N-ethyl adjacent to an activating group) is 1. The minimum atomic E-state index is -1.01. The number of rotatable bonds is 4. The fourth-order valence-electron chi connectivity index (χ4n) is 6.23. The van der Waals surface area contributed by atoms with Crippen LogP contribution in [0.5, 0.6) is 0 Å². The Balaban J connectivity index is 1.28. The zero-order valence-electron chi connectivity index (χ0n) is 21.2. The predicted molar refractivity (Wildman–Crippen MR) is 140 cm³/mol. The Hall–Kier alpha value is -3.20. The second-order valence-electron chi connectivity index (χ2n) is 10.8. The topological polar surface area (TPSA) is 93.7 Å². The monoisotopic (exact) mass is 489 g/mol. The number of benzene rings is 1. The van der Waals surface area contributed by atoms with Gasteiger partial charge < -0.3 is 20.4 Å². The Kier molecular flexibility index (Phi) is 5.82. The minimum Gasteiger partial charge on any atom is -0.369 e. The highest BCUT2D eigenvalue weighted by Gasteiger charge is 2.56. The molecule has 9 nitrogen and oxygen atoms in total. The van der Waals surface area contributed by atoms with Gasteiger partial charge in [-0.1, -0.05) is 12.8 Å². The summed E-state index contributed by atoms with van der Waals surface area (Å²) in [6, 6.07) is 6.54. The van der Waals surface area contributed by atoms with Crippen LogP contribution in [0.4, 0.5) is 23.1 Å². The highest BCUT2D eigenvalue weighted by Crippen LogP contribution is 2.44. The molecule has 1 spiro atoms. The van der Waals surface area contributed by atoms with Gasteiger partial charge in [-0.3, -0.25) is 14.5 Å². The molecule has 9 heteroatoms. The second kappa shape index (κ2) is 9.03. The maximum absolute atomic E-state index is 13.8. The summed E-state index contributed by atoms with van der Waals surface area (Å²) in [4.78, 5) is 42.7. The lowest BCUT2D eigenvalue weighted by molar-refractivity contribution is -0.140. The summed E-state index contributed by atoms with van der Waals surface area (Å²) >= 11 is 0. The van der Waals surface area contributed by atoms with Crippen LogP contribution in [-0.4, -0.2) is 72.5 Å². The standard InChI is InChI=1S/C27H35N7O2/c1-18-15-21(33-13-11-32(2)12-14-33)7-8-22(18)30-26-29-17-19-16-27(9-10-28-24(27)35)25(36)34(23(19)31-26)20-5-3-4-6-20/h7-8,15,17,20H,3-6,9-14,16H2,1-2H3,(H,28,35)(H,29,30,31)/t27-/m1/s1. The van der Waals surface area contributed by atoms with Crippen molar-refractivity contribution in [1.82, 2.24) is 20.2 Å².